The van der Waals surface area contributed by atoms with Gasteiger partial charge in [-0.3, -0.25) is 14.9 Å². The average molecular weight is 362 g/mol. The molecule has 0 bridgehead atoms. The second-order valence-electron chi connectivity index (χ2n) is 6.71. The molecule has 1 fully saturated rings. The number of benzene rings is 1. The van der Waals surface area contributed by atoms with Crippen molar-refractivity contribution in [3.05, 3.63) is 72.2 Å². The molecule has 138 valence electrons. The van der Waals surface area contributed by atoms with Crippen LogP contribution in [0.25, 0.3) is 11.3 Å². The summed E-state index contributed by atoms with van der Waals surface area (Å²) in [7, 11) is 0. The van der Waals surface area contributed by atoms with Gasteiger partial charge in [0.1, 0.15) is 5.69 Å². The van der Waals surface area contributed by atoms with Gasteiger partial charge in [-0.1, -0.05) is 30.3 Å². The van der Waals surface area contributed by atoms with E-state index in [0.717, 1.165) is 36.3 Å². The van der Waals surface area contributed by atoms with E-state index < -0.39 is 0 Å². The summed E-state index contributed by atoms with van der Waals surface area (Å²) < 4.78 is 5.75. The van der Waals surface area contributed by atoms with Crippen LogP contribution in [0.15, 0.2) is 60.9 Å². The number of ether oxygens (including phenoxy) is 1. The number of hydrogen-bond acceptors (Lipinski definition) is 4. The van der Waals surface area contributed by atoms with E-state index in [9.17, 15) is 4.79 Å². The molecular formula is C21H22N4O2. The van der Waals surface area contributed by atoms with E-state index in [2.05, 4.69) is 15.2 Å². The summed E-state index contributed by atoms with van der Waals surface area (Å²) in [6, 6.07) is 15.5. The first kappa shape index (κ1) is 17.4. The lowest BCUT2D eigenvalue weighted by molar-refractivity contribution is 0.0503. The number of hydrogen-bond donors (Lipinski definition) is 1. The van der Waals surface area contributed by atoms with Gasteiger partial charge in [-0.15, -0.1) is 0 Å². The zero-order valence-electron chi connectivity index (χ0n) is 15.0. The Kier molecular flexibility index (Phi) is 5.25. The van der Waals surface area contributed by atoms with Crippen LogP contribution in [-0.4, -0.2) is 45.2 Å². The fourth-order valence-corrected chi connectivity index (χ4v) is 3.32. The molecule has 6 nitrogen and oxygen atoms in total. The molecule has 3 aromatic rings. The molecule has 1 unspecified atom stereocenters. The van der Waals surface area contributed by atoms with Crippen LogP contribution in [0.1, 0.15) is 28.9 Å². The minimum Gasteiger partial charge on any atom is -0.376 e. The van der Waals surface area contributed by atoms with Crippen molar-refractivity contribution in [1.82, 2.24) is 20.1 Å². The second-order valence-corrected chi connectivity index (χ2v) is 6.71. The Morgan fingerprint density at radius 2 is 2.00 bits per heavy atom. The lowest BCUT2D eigenvalue weighted by Gasteiger charge is -2.25. The predicted octanol–water partition coefficient (Wildman–Crippen LogP) is 3.29. The molecular weight excluding hydrogens is 340 g/mol. The van der Waals surface area contributed by atoms with Crippen LogP contribution in [0.5, 0.6) is 0 Å². The van der Waals surface area contributed by atoms with E-state index in [-0.39, 0.29) is 12.0 Å². The van der Waals surface area contributed by atoms with Crippen LogP contribution < -0.4 is 0 Å². The Hall–Kier alpha value is -2.99. The van der Waals surface area contributed by atoms with Crippen molar-refractivity contribution < 1.29 is 9.53 Å². The summed E-state index contributed by atoms with van der Waals surface area (Å²) in [4.78, 5) is 19.0. The maximum atomic E-state index is 13.2. The van der Waals surface area contributed by atoms with Gasteiger partial charge in [-0.25, -0.2) is 0 Å². The van der Waals surface area contributed by atoms with Gasteiger partial charge in [0, 0.05) is 37.7 Å². The lowest BCUT2D eigenvalue weighted by atomic mass is 10.1. The third-order valence-corrected chi connectivity index (χ3v) is 4.74. The predicted molar refractivity (Wildman–Crippen MR) is 102 cm³/mol. The van der Waals surface area contributed by atoms with E-state index in [0.29, 0.717) is 18.8 Å². The highest BCUT2D eigenvalue weighted by molar-refractivity contribution is 5.93. The Morgan fingerprint density at radius 3 is 2.74 bits per heavy atom. The molecule has 1 amide bonds. The van der Waals surface area contributed by atoms with Gasteiger partial charge in [0.05, 0.1) is 11.8 Å². The first-order valence-electron chi connectivity index (χ1n) is 9.20. The van der Waals surface area contributed by atoms with Crippen LogP contribution in [0.3, 0.4) is 0 Å². The van der Waals surface area contributed by atoms with Crippen LogP contribution in [0, 0.1) is 0 Å². The number of aromatic nitrogens is 3. The van der Waals surface area contributed by atoms with Crippen LogP contribution in [-0.2, 0) is 11.3 Å². The number of carbonyl (C=O) groups is 1. The number of carbonyl (C=O) groups excluding carboxylic acids is 1. The number of pyridine rings is 1. The number of aromatic amines is 1. The third-order valence-electron chi connectivity index (χ3n) is 4.74. The summed E-state index contributed by atoms with van der Waals surface area (Å²) in [5.74, 6) is -0.0722. The highest BCUT2D eigenvalue weighted by Gasteiger charge is 2.25. The monoisotopic (exact) mass is 362 g/mol. The standard InChI is InChI=1S/C21H22N4O2/c26-21(20-13-19(23-24-20)17-5-2-1-3-6-17)25(15-18-7-4-12-27-18)14-16-8-10-22-11-9-16/h1-3,5-6,8-11,13,18H,4,7,12,14-15H2,(H,23,24). The third kappa shape index (κ3) is 4.23. The first-order chi connectivity index (χ1) is 13.3. The number of rotatable bonds is 6. The molecule has 1 saturated heterocycles. The highest BCUT2D eigenvalue weighted by Crippen LogP contribution is 2.20. The van der Waals surface area contributed by atoms with Crippen molar-refractivity contribution in [3.8, 4) is 11.3 Å². The zero-order chi connectivity index (χ0) is 18.5. The maximum absolute atomic E-state index is 13.2. The summed E-state index contributed by atoms with van der Waals surface area (Å²) in [6.45, 7) is 1.85. The van der Waals surface area contributed by atoms with E-state index >= 15 is 0 Å². The smallest absolute Gasteiger partial charge is 0.272 e. The minimum absolute atomic E-state index is 0.0722. The van der Waals surface area contributed by atoms with Crippen molar-refractivity contribution in [2.24, 2.45) is 0 Å². The SMILES string of the molecule is O=C(c1cc(-c2ccccc2)n[nH]1)N(Cc1ccncc1)CC1CCCO1. The molecule has 1 aliphatic rings. The highest BCUT2D eigenvalue weighted by atomic mass is 16.5. The Labute approximate surface area is 158 Å². The molecule has 4 rings (SSSR count). The zero-order valence-corrected chi connectivity index (χ0v) is 15.0. The molecule has 0 spiro atoms. The van der Waals surface area contributed by atoms with Gasteiger partial charge < -0.3 is 9.64 Å². The molecule has 27 heavy (non-hydrogen) atoms. The molecule has 0 radical (unpaired) electrons. The molecule has 1 aliphatic heterocycles. The Bertz CT molecular complexity index is 873. The summed E-state index contributed by atoms with van der Waals surface area (Å²) in [6.07, 6.45) is 5.61. The largest absolute Gasteiger partial charge is 0.376 e. The van der Waals surface area contributed by atoms with Crippen molar-refractivity contribution in [3.63, 3.8) is 0 Å². The lowest BCUT2D eigenvalue weighted by Crippen LogP contribution is -2.37. The van der Waals surface area contributed by atoms with Gasteiger partial charge in [0.2, 0.25) is 0 Å². The second kappa shape index (κ2) is 8.14. The average Bonchev–Trinajstić information content (AvgIpc) is 3.41. The number of amides is 1. The quantitative estimate of drug-likeness (QED) is 0.730. The van der Waals surface area contributed by atoms with E-state index in [4.69, 9.17) is 4.74 Å². The van der Waals surface area contributed by atoms with Crippen molar-refractivity contribution in [2.75, 3.05) is 13.2 Å². The summed E-state index contributed by atoms with van der Waals surface area (Å²) in [5, 5.41) is 7.22. The molecule has 0 aliphatic carbocycles. The van der Waals surface area contributed by atoms with Crippen LogP contribution in [0.4, 0.5) is 0 Å². The Balaban J connectivity index is 1.55. The fourth-order valence-electron chi connectivity index (χ4n) is 3.32. The Morgan fingerprint density at radius 1 is 1.19 bits per heavy atom. The summed E-state index contributed by atoms with van der Waals surface area (Å²) >= 11 is 0. The summed E-state index contributed by atoms with van der Waals surface area (Å²) in [5.41, 5.74) is 3.27. The molecule has 2 aromatic heterocycles. The molecule has 1 N–H and O–H groups in total. The van der Waals surface area contributed by atoms with Gasteiger partial charge in [0.25, 0.3) is 5.91 Å². The topological polar surface area (TPSA) is 71.1 Å². The van der Waals surface area contributed by atoms with Crippen molar-refractivity contribution in [1.29, 1.82) is 0 Å². The number of nitrogens with zero attached hydrogens (tertiary/aromatic N) is 3. The number of nitrogens with one attached hydrogen (secondary N) is 1. The van der Waals surface area contributed by atoms with Crippen molar-refractivity contribution >= 4 is 5.91 Å². The van der Waals surface area contributed by atoms with Gasteiger partial charge in [0.15, 0.2) is 0 Å². The first-order valence-corrected chi connectivity index (χ1v) is 9.20. The maximum Gasteiger partial charge on any atom is 0.272 e. The molecule has 6 heteroatoms. The molecule has 3 heterocycles. The van der Waals surface area contributed by atoms with Gasteiger partial charge >= 0.3 is 0 Å². The molecule has 0 saturated carbocycles. The van der Waals surface area contributed by atoms with E-state index in [1.807, 2.05) is 53.4 Å². The fraction of sp³-hybridized carbons (Fsp3) is 0.286. The van der Waals surface area contributed by atoms with Crippen LogP contribution in [0.2, 0.25) is 0 Å². The van der Waals surface area contributed by atoms with E-state index in [1.165, 1.54) is 0 Å². The normalized spacial score (nSPS) is 16.4. The van der Waals surface area contributed by atoms with Crippen LogP contribution >= 0.6 is 0 Å². The molecule has 1 aromatic carbocycles. The molecule has 1 atom stereocenters. The van der Waals surface area contributed by atoms with Gasteiger partial charge in [-0.2, -0.15) is 5.10 Å². The van der Waals surface area contributed by atoms with Gasteiger partial charge in [-0.05, 0) is 36.6 Å². The van der Waals surface area contributed by atoms with E-state index in [1.54, 1.807) is 12.4 Å². The van der Waals surface area contributed by atoms with Crippen molar-refractivity contribution in [2.45, 2.75) is 25.5 Å². The minimum atomic E-state index is -0.0722. The number of H-pyrrole nitrogens is 1.